The SMILES string of the molecule is CCCCCC1NC1CCCC(C)CCC. The molecule has 1 nitrogen and oxygen atoms in total. The van der Waals surface area contributed by atoms with Gasteiger partial charge in [0, 0.05) is 12.1 Å². The number of hydrogen-bond donors (Lipinski definition) is 1. The van der Waals surface area contributed by atoms with Gasteiger partial charge in [-0.1, -0.05) is 65.7 Å². The average Bonchev–Trinajstić information content (AvgIpc) is 2.98. The van der Waals surface area contributed by atoms with Gasteiger partial charge in [0.05, 0.1) is 0 Å². The first kappa shape index (κ1) is 14.0. The molecule has 0 aromatic rings. The number of rotatable bonds is 10. The van der Waals surface area contributed by atoms with Gasteiger partial charge in [-0.2, -0.15) is 0 Å². The van der Waals surface area contributed by atoms with Crippen molar-refractivity contribution in [1.29, 1.82) is 0 Å². The lowest BCUT2D eigenvalue weighted by molar-refractivity contribution is 0.458. The largest absolute Gasteiger partial charge is 0.308 e. The summed E-state index contributed by atoms with van der Waals surface area (Å²) in [5, 5.41) is 3.63. The summed E-state index contributed by atoms with van der Waals surface area (Å²) in [6.07, 6.45) is 12.7. The van der Waals surface area contributed by atoms with Gasteiger partial charge in [0.15, 0.2) is 0 Å². The summed E-state index contributed by atoms with van der Waals surface area (Å²) in [6.45, 7) is 6.98. The second-order valence-corrected chi connectivity index (χ2v) is 5.70. The van der Waals surface area contributed by atoms with E-state index in [-0.39, 0.29) is 0 Å². The molecule has 16 heavy (non-hydrogen) atoms. The molecule has 1 rings (SSSR count). The molecule has 0 aromatic heterocycles. The van der Waals surface area contributed by atoms with E-state index in [0.717, 1.165) is 18.0 Å². The van der Waals surface area contributed by atoms with Crippen LogP contribution < -0.4 is 5.32 Å². The van der Waals surface area contributed by atoms with Gasteiger partial charge >= 0.3 is 0 Å². The predicted octanol–water partition coefficient (Wildman–Crippen LogP) is 4.51. The van der Waals surface area contributed by atoms with Crippen LogP contribution in [-0.2, 0) is 0 Å². The molecule has 96 valence electrons. The van der Waals surface area contributed by atoms with E-state index in [4.69, 9.17) is 0 Å². The van der Waals surface area contributed by atoms with Crippen LogP contribution in [0.5, 0.6) is 0 Å². The van der Waals surface area contributed by atoms with Crippen LogP contribution in [0.1, 0.15) is 78.6 Å². The van der Waals surface area contributed by atoms with Gasteiger partial charge in [0.1, 0.15) is 0 Å². The van der Waals surface area contributed by atoms with Crippen molar-refractivity contribution >= 4 is 0 Å². The van der Waals surface area contributed by atoms with E-state index in [1.54, 1.807) is 0 Å². The van der Waals surface area contributed by atoms with Crippen molar-refractivity contribution in [3.8, 4) is 0 Å². The molecule has 3 unspecified atom stereocenters. The maximum Gasteiger partial charge on any atom is 0.0224 e. The van der Waals surface area contributed by atoms with E-state index in [0.29, 0.717) is 0 Å². The molecular weight excluding hydrogens is 194 g/mol. The molecule has 1 saturated heterocycles. The van der Waals surface area contributed by atoms with E-state index in [1.807, 2.05) is 0 Å². The summed E-state index contributed by atoms with van der Waals surface area (Å²) in [5.41, 5.74) is 0. The first-order chi connectivity index (χ1) is 7.77. The Kier molecular flexibility index (Phi) is 7.11. The first-order valence-corrected chi connectivity index (χ1v) is 7.54. The lowest BCUT2D eigenvalue weighted by Gasteiger charge is -2.08. The van der Waals surface area contributed by atoms with Crippen molar-refractivity contribution in [2.45, 2.75) is 90.6 Å². The zero-order valence-electron chi connectivity index (χ0n) is 11.6. The fourth-order valence-electron chi connectivity index (χ4n) is 2.73. The highest BCUT2D eigenvalue weighted by atomic mass is 15.1. The van der Waals surface area contributed by atoms with Gasteiger partial charge in [-0.05, 0) is 18.8 Å². The summed E-state index contributed by atoms with van der Waals surface area (Å²) in [5.74, 6) is 0.947. The predicted molar refractivity (Wildman–Crippen MR) is 72.8 cm³/mol. The molecule has 1 heteroatoms. The fraction of sp³-hybridized carbons (Fsp3) is 1.00. The number of hydrogen-bond acceptors (Lipinski definition) is 1. The van der Waals surface area contributed by atoms with Crippen LogP contribution in [0.25, 0.3) is 0 Å². The summed E-state index contributed by atoms with van der Waals surface area (Å²) in [4.78, 5) is 0. The van der Waals surface area contributed by atoms with Gasteiger partial charge in [-0.25, -0.2) is 0 Å². The summed E-state index contributed by atoms with van der Waals surface area (Å²) in [6, 6.07) is 1.76. The molecular formula is C15H31N. The van der Waals surface area contributed by atoms with Crippen LogP contribution in [0.3, 0.4) is 0 Å². The molecule has 0 radical (unpaired) electrons. The Hall–Kier alpha value is -0.0400. The zero-order valence-corrected chi connectivity index (χ0v) is 11.6. The summed E-state index contributed by atoms with van der Waals surface area (Å²) in [7, 11) is 0. The highest BCUT2D eigenvalue weighted by Gasteiger charge is 2.34. The summed E-state index contributed by atoms with van der Waals surface area (Å²) >= 11 is 0. The molecule has 0 saturated carbocycles. The monoisotopic (exact) mass is 225 g/mol. The van der Waals surface area contributed by atoms with Crippen molar-refractivity contribution in [2.75, 3.05) is 0 Å². The topological polar surface area (TPSA) is 21.9 Å². The molecule has 0 aromatic carbocycles. The molecule has 0 aliphatic carbocycles. The van der Waals surface area contributed by atoms with E-state index in [2.05, 4.69) is 26.1 Å². The first-order valence-electron chi connectivity index (χ1n) is 7.54. The standard InChI is InChI=1S/C15H31N/c1-4-6-7-11-14-15(16-14)12-8-10-13(3)9-5-2/h13-16H,4-12H2,1-3H3. The van der Waals surface area contributed by atoms with Crippen molar-refractivity contribution in [1.82, 2.24) is 5.32 Å². The third-order valence-corrected chi connectivity index (χ3v) is 3.92. The molecule has 3 atom stereocenters. The quantitative estimate of drug-likeness (QED) is 0.429. The van der Waals surface area contributed by atoms with Gasteiger partial charge in [-0.15, -0.1) is 0 Å². The van der Waals surface area contributed by atoms with Crippen LogP contribution in [0.2, 0.25) is 0 Å². The molecule has 1 fully saturated rings. The minimum absolute atomic E-state index is 0.880. The Morgan fingerprint density at radius 2 is 1.56 bits per heavy atom. The molecule has 0 bridgehead atoms. The lowest BCUT2D eigenvalue weighted by atomic mass is 9.98. The number of nitrogens with one attached hydrogen (secondary N) is 1. The zero-order chi connectivity index (χ0) is 11.8. The van der Waals surface area contributed by atoms with Crippen molar-refractivity contribution in [3.63, 3.8) is 0 Å². The van der Waals surface area contributed by atoms with Crippen LogP contribution in [0.15, 0.2) is 0 Å². The minimum atomic E-state index is 0.880. The van der Waals surface area contributed by atoms with Crippen molar-refractivity contribution in [3.05, 3.63) is 0 Å². The van der Waals surface area contributed by atoms with Crippen LogP contribution in [0, 0.1) is 5.92 Å². The van der Waals surface area contributed by atoms with Crippen molar-refractivity contribution < 1.29 is 0 Å². The Bertz CT molecular complexity index is 167. The van der Waals surface area contributed by atoms with E-state index < -0.39 is 0 Å². The highest BCUT2D eigenvalue weighted by Crippen LogP contribution is 2.24. The van der Waals surface area contributed by atoms with Gasteiger partial charge < -0.3 is 5.32 Å². The second-order valence-electron chi connectivity index (χ2n) is 5.70. The van der Waals surface area contributed by atoms with Crippen LogP contribution in [-0.4, -0.2) is 12.1 Å². The maximum absolute atomic E-state index is 3.63. The molecule has 1 heterocycles. The van der Waals surface area contributed by atoms with Gasteiger partial charge in [0.2, 0.25) is 0 Å². The molecule has 1 N–H and O–H groups in total. The van der Waals surface area contributed by atoms with Gasteiger partial charge in [0.25, 0.3) is 0 Å². The smallest absolute Gasteiger partial charge is 0.0224 e. The highest BCUT2D eigenvalue weighted by molar-refractivity contribution is 4.97. The molecule has 1 aliphatic rings. The normalized spacial score (nSPS) is 25.7. The third-order valence-electron chi connectivity index (χ3n) is 3.92. The Balaban J connectivity index is 1.88. The molecule has 0 amide bonds. The molecule has 1 aliphatic heterocycles. The Morgan fingerprint density at radius 1 is 0.875 bits per heavy atom. The van der Waals surface area contributed by atoms with Crippen molar-refractivity contribution in [2.24, 2.45) is 5.92 Å². The van der Waals surface area contributed by atoms with E-state index in [9.17, 15) is 0 Å². The summed E-state index contributed by atoms with van der Waals surface area (Å²) < 4.78 is 0. The second kappa shape index (κ2) is 8.11. The molecule has 0 spiro atoms. The van der Waals surface area contributed by atoms with Crippen LogP contribution >= 0.6 is 0 Å². The average molecular weight is 225 g/mol. The Morgan fingerprint density at radius 3 is 2.19 bits per heavy atom. The van der Waals surface area contributed by atoms with E-state index >= 15 is 0 Å². The lowest BCUT2D eigenvalue weighted by Crippen LogP contribution is -1.98. The van der Waals surface area contributed by atoms with Gasteiger partial charge in [-0.3, -0.25) is 0 Å². The van der Waals surface area contributed by atoms with Crippen LogP contribution in [0.4, 0.5) is 0 Å². The fourth-order valence-corrected chi connectivity index (χ4v) is 2.73. The third kappa shape index (κ3) is 5.89. The minimum Gasteiger partial charge on any atom is -0.308 e. The Labute approximate surface area is 102 Å². The van der Waals surface area contributed by atoms with E-state index in [1.165, 1.54) is 57.8 Å². The maximum atomic E-state index is 3.63. The number of unbranched alkanes of at least 4 members (excludes halogenated alkanes) is 2.